The molecule has 1 spiro atoms. The highest BCUT2D eigenvalue weighted by atomic mass is 16.6. The molecular weight excluding hydrogens is 642 g/mol. The first kappa shape index (κ1) is 30.8. The smallest absolute Gasteiger partial charge is 0.324 e. The van der Waals surface area contributed by atoms with E-state index in [0.29, 0.717) is 22.6 Å². The average molecular weight is 676 g/mol. The highest BCUT2D eigenvalue weighted by Gasteiger charge is 2.73. The predicted molar refractivity (Wildman–Crippen MR) is 189 cm³/mol. The Kier molecular flexibility index (Phi) is 7.22. The Bertz CT molecular complexity index is 2260. The van der Waals surface area contributed by atoms with Gasteiger partial charge in [0.05, 0.1) is 35.6 Å². The third-order valence-electron chi connectivity index (χ3n) is 10.6. The van der Waals surface area contributed by atoms with Gasteiger partial charge in [0.15, 0.2) is 0 Å². The Morgan fingerprint density at radius 1 is 0.784 bits per heavy atom. The number of amides is 2. The number of aromatic nitrogens is 2. The molecule has 2 saturated heterocycles. The lowest BCUT2D eigenvalue weighted by atomic mass is 9.65. The molecule has 1 aromatic heterocycles. The molecule has 10 nitrogen and oxygen atoms in total. The highest BCUT2D eigenvalue weighted by molar-refractivity contribution is 6.12. The standard InChI is InChI=1S/C41H33N5O5/c47-27-21-19-26(20-22-27)37-41(28-15-7-8-16-29(28)45-40(41)50)33(38(48)42-23-32-43-30-17-9-10-18-31(30)44-32)35-39(49)51-36(25-13-5-2-6-14-25)34(46(35)37)24-11-3-1-4-12-24/h1-22,33-37,47H,23H2,(H,42,48)(H,43,44)(H,45,50)/t33-,34-,35-,36+,37+,41-/m0/s1. The summed E-state index contributed by atoms with van der Waals surface area (Å²) < 4.78 is 6.41. The minimum Gasteiger partial charge on any atom is -0.508 e. The Balaban J connectivity index is 1.27. The fraction of sp³-hybridized carbons (Fsp3) is 0.171. The summed E-state index contributed by atoms with van der Waals surface area (Å²) >= 11 is 0. The van der Waals surface area contributed by atoms with Crippen LogP contribution >= 0.6 is 0 Å². The molecule has 3 aliphatic heterocycles. The van der Waals surface area contributed by atoms with Crippen LogP contribution < -0.4 is 10.6 Å². The first-order valence-corrected chi connectivity index (χ1v) is 16.9. The summed E-state index contributed by atoms with van der Waals surface area (Å²) in [7, 11) is 0. The van der Waals surface area contributed by atoms with Gasteiger partial charge < -0.3 is 25.5 Å². The van der Waals surface area contributed by atoms with Crippen LogP contribution in [0.15, 0.2) is 133 Å². The number of phenols is 1. The number of fused-ring (bicyclic) bond motifs is 4. The van der Waals surface area contributed by atoms with Crippen LogP contribution in [0.5, 0.6) is 5.75 Å². The van der Waals surface area contributed by atoms with Gasteiger partial charge >= 0.3 is 5.97 Å². The fourth-order valence-electron chi connectivity index (χ4n) is 8.58. The largest absolute Gasteiger partial charge is 0.508 e. The van der Waals surface area contributed by atoms with Gasteiger partial charge in [0.2, 0.25) is 11.8 Å². The van der Waals surface area contributed by atoms with Gasteiger partial charge in [-0.3, -0.25) is 19.3 Å². The van der Waals surface area contributed by atoms with E-state index in [4.69, 9.17) is 4.74 Å². The van der Waals surface area contributed by atoms with E-state index in [-0.39, 0.29) is 12.3 Å². The summed E-state index contributed by atoms with van der Waals surface area (Å²) in [5.74, 6) is -2.11. The van der Waals surface area contributed by atoms with Crippen LogP contribution in [0.3, 0.4) is 0 Å². The molecule has 3 aliphatic rings. The fourth-order valence-corrected chi connectivity index (χ4v) is 8.58. The van der Waals surface area contributed by atoms with E-state index in [1.54, 1.807) is 24.3 Å². The number of hydrogen-bond donors (Lipinski definition) is 4. The third-order valence-corrected chi connectivity index (χ3v) is 10.6. The molecule has 6 atom stereocenters. The van der Waals surface area contributed by atoms with Crippen LogP contribution in [0.25, 0.3) is 11.0 Å². The first-order chi connectivity index (χ1) is 24.9. The topological polar surface area (TPSA) is 137 Å². The van der Waals surface area contributed by atoms with Crippen LogP contribution in [0.4, 0.5) is 5.69 Å². The maximum Gasteiger partial charge on any atom is 0.324 e. The molecule has 10 heteroatoms. The molecule has 0 bridgehead atoms. The quantitative estimate of drug-likeness (QED) is 0.163. The number of carbonyl (C=O) groups excluding carboxylic acids is 3. The Hall–Kier alpha value is -6.26. The normalized spacial score (nSPS) is 25.3. The number of para-hydroxylation sites is 3. The molecule has 0 radical (unpaired) electrons. The Labute approximate surface area is 293 Å². The number of aromatic amines is 1. The average Bonchev–Trinajstić information content (AvgIpc) is 3.82. The number of nitrogens with one attached hydrogen (secondary N) is 3. The minimum absolute atomic E-state index is 0.0454. The molecule has 5 aromatic carbocycles. The van der Waals surface area contributed by atoms with E-state index in [0.717, 1.165) is 22.2 Å². The maximum absolute atomic E-state index is 15.0. The number of cyclic esters (lactones) is 1. The number of imidazole rings is 1. The van der Waals surface area contributed by atoms with Crippen LogP contribution in [-0.4, -0.2) is 43.8 Å². The lowest BCUT2D eigenvalue weighted by Gasteiger charge is -2.46. The molecule has 9 rings (SSSR count). The summed E-state index contributed by atoms with van der Waals surface area (Å²) in [5.41, 5.74) is 3.51. The molecular formula is C41H33N5O5. The van der Waals surface area contributed by atoms with Crippen molar-refractivity contribution in [3.05, 3.63) is 162 Å². The SMILES string of the molecule is O=C1O[C@H](c2ccccc2)[C@H](c2ccccc2)N2[C@H]1[C@@H](C(=O)NCc1nc3ccccc3[nH]1)[C@]1(C(=O)Nc3ccccc31)[C@H]2c1ccc(O)cc1. The molecule has 4 heterocycles. The third kappa shape index (κ3) is 4.74. The molecule has 6 aromatic rings. The van der Waals surface area contributed by atoms with Crippen LogP contribution in [0.2, 0.25) is 0 Å². The number of ether oxygens (including phenoxy) is 1. The van der Waals surface area contributed by atoms with E-state index in [1.807, 2.05) is 114 Å². The zero-order valence-electron chi connectivity index (χ0n) is 27.3. The van der Waals surface area contributed by atoms with Gasteiger partial charge in [0.25, 0.3) is 0 Å². The highest BCUT2D eigenvalue weighted by Crippen LogP contribution is 2.64. The summed E-state index contributed by atoms with van der Waals surface area (Å²) in [6, 6.07) is 38.3. The number of H-pyrrole nitrogens is 1. The lowest BCUT2D eigenvalue weighted by molar-refractivity contribution is -0.178. The number of nitrogens with zero attached hydrogens (tertiary/aromatic N) is 2. The van der Waals surface area contributed by atoms with Gasteiger partial charge in [0, 0.05) is 5.69 Å². The van der Waals surface area contributed by atoms with Gasteiger partial charge in [-0.2, -0.15) is 0 Å². The van der Waals surface area contributed by atoms with Gasteiger partial charge in [-0.15, -0.1) is 0 Å². The van der Waals surface area contributed by atoms with Crippen molar-refractivity contribution < 1.29 is 24.2 Å². The van der Waals surface area contributed by atoms with Crippen molar-refractivity contribution in [2.45, 2.75) is 36.2 Å². The Morgan fingerprint density at radius 2 is 1.45 bits per heavy atom. The molecule has 2 fully saturated rings. The molecule has 2 amide bonds. The van der Waals surface area contributed by atoms with Crippen LogP contribution in [0.1, 0.15) is 46.3 Å². The monoisotopic (exact) mass is 675 g/mol. The lowest BCUT2D eigenvalue weighted by Crippen LogP contribution is -2.54. The predicted octanol–water partition coefficient (Wildman–Crippen LogP) is 5.86. The van der Waals surface area contributed by atoms with E-state index in [1.165, 1.54) is 0 Å². The number of benzene rings is 5. The maximum atomic E-state index is 15.0. The van der Waals surface area contributed by atoms with Crippen molar-refractivity contribution in [2.75, 3.05) is 5.32 Å². The van der Waals surface area contributed by atoms with Gasteiger partial charge in [-0.25, -0.2) is 4.98 Å². The van der Waals surface area contributed by atoms with Gasteiger partial charge in [-0.05, 0) is 52.6 Å². The number of anilines is 1. The second-order valence-corrected chi connectivity index (χ2v) is 13.3. The number of morpholine rings is 1. The minimum atomic E-state index is -1.58. The number of carbonyl (C=O) groups is 3. The number of esters is 1. The van der Waals surface area contributed by atoms with Crippen molar-refractivity contribution >= 4 is 34.5 Å². The summed E-state index contributed by atoms with van der Waals surface area (Å²) in [6.07, 6.45) is -0.758. The van der Waals surface area contributed by atoms with Gasteiger partial charge in [-0.1, -0.05) is 103 Å². The van der Waals surface area contributed by atoms with Crippen LogP contribution in [0, 0.1) is 5.92 Å². The molecule has 0 aliphatic carbocycles. The second-order valence-electron chi connectivity index (χ2n) is 13.3. The van der Waals surface area contributed by atoms with Crippen LogP contribution in [-0.2, 0) is 31.1 Å². The molecule has 0 saturated carbocycles. The van der Waals surface area contributed by atoms with Crippen molar-refractivity contribution in [2.24, 2.45) is 5.92 Å². The van der Waals surface area contributed by atoms with E-state index < -0.39 is 53.3 Å². The summed E-state index contributed by atoms with van der Waals surface area (Å²) in [4.78, 5) is 54.5. The molecule has 252 valence electrons. The van der Waals surface area contributed by atoms with E-state index in [2.05, 4.69) is 20.6 Å². The molecule has 0 unspecified atom stereocenters. The number of rotatable bonds is 6. The number of aromatic hydroxyl groups is 1. The van der Waals surface area contributed by atoms with Crippen molar-refractivity contribution in [3.63, 3.8) is 0 Å². The van der Waals surface area contributed by atoms with Crippen molar-refractivity contribution in [3.8, 4) is 5.75 Å². The molecule has 51 heavy (non-hydrogen) atoms. The van der Waals surface area contributed by atoms with Gasteiger partial charge in [0.1, 0.15) is 29.1 Å². The summed E-state index contributed by atoms with van der Waals surface area (Å²) in [5, 5.41) is 16.5. The first-order valence-electron chi connectivity index (χ1n) is 16.9. The molecule has 4 N–H and O–H groups in total. The van der Waals surface area contributed by atoms with E-state index in [9.17, 15) is 19.5 Å². The number of phenolic OH excluding ortho intramolecular Hbond substituents is 1. The second kappa shape index (κ2) is 12.0. The van der Waals surface area contributed by atoms with E-state index >= 15 is 0 Å². The zero-order valence-corrected chi connectivity index (χ0v) is 27.3. The zero-order chi connectivity index (χ0) is 34.7. The van der Waals surface area contributed by atoms with Crippen molar-refractivity contribution in [1.29, 1.82) is 0 Å². The summed E-state index contributed by atoms with van der Waals surface area (Å²) in [6.45, 7) is 0.0454. The Morgan fingerprint density at radius 3 is 2.20 bits per heavy atom. The number of hydrogen-bond acceptors (Lipinski definition) is 7. The van der Waals surface area contributed by atoms with Crippen molar-refractivity contribution in [1.82, 2.24) is 20.2 Å².